The van der Waals surface area contributed by atoms with E-state index in [0.717, 1.165) is 0 Å². The van der Waals surface area contributed by atoms with Crippen LogP contribution < -0.4 is 0 Å². The molecule has 0 aliphatic carbocycles. The van der Waals surface area contributed by atoms with Crippen LogP contribution in [-0.2, 0) is 0 Å². The highest BCUT2D eigenvalue weighted by Gasteiger charge is 2.12. The summed E-state index contributed by atoms with van der Waals surface area (Å²) >= 11 is 0. The summed E-state index contributed by atoms with van der Waals surface area (Å²) in [7, 11) is 0. The molecular formula is C5H5N3O2. The van der Waals surface area contributed by atoms with Crippen molar-refractivity contribution >= 4 is 12.6 Å². The Balaban J connectivity index is 2.88. The molecule has 1 rings (SSSR count). The van der Waals surface area contributed by atoms with Crippen LogP contribution in [0.1, 0.15) is 10.4 Å². The van der Waals surface area contributed by atoms with Gasteiger partial charge in [-0.1, -0.05) is 0 Å². The number of H-pyrrole nitrogens is 1. The van der Waals surface area contributed by atoms with Gasteiger partial charge in [0.1, 0.15) is 12.3 Å². The number of amides is 1. The molecule has 10 heavy (non-hydrogen) atoms. The van der Waals surface area contributed by atoms with Crippen molar-refractivity contribution in [2.75, 3.05) is 0 Å². The summed E-state index contributed by atoms with van der Waals surface area (Å²) in [6.45, 7) is 2.88. The molecule has 0 saturated carbocycles. The SMILES string of the molecule is C=[N+]([O-])C(=O)c1cn[nH]c1. The summed E-state index contributed by atoms with van der Waals surface area (Å²) in [4.78, 5) is 10.7. The predicted octanol–water partition coefficient (Wildman–Crippen LogP) is -0.239. The Morgan fingerprint density at radius 2 is 2.60 bits per heavy atom. The maximum absolute atomic E-state index is 10.7. The van der Waals surface area contributed by atoms with Crippen LogP contribution in [0.4, 0.5) is 0 Å². The van der Waals surface area contributed by atoms with Gasteiger partial charge < -0.3 is 5.21 Å². The first-order valence-corrected chi connectivity index (χ1v) is 2.52. The maximum atomic E-state index is 10.7. The smallest absolute Gasteiger partial charge is 0.433 e. The van der Waals surface area contributed by atoms with Gasteiger partial charge >= 0.3 is 5.91 Å². The van der Waals surface area contributed by atoms with Gasteiger partial charge in [-0.05, 0) is 0 Å². The number of nitrogens with zero attached hydrogens (tertiary/aromatic N) is 2. The van der Waals surface area contributed by atoms with Crippen molar-refractivity contribution in [3.05, 3.63) is 23.2 Å². The molecule has 1 heterocycles. The van der Waals surface area contributed by atoms with Crippen LogP contribution >= 0.6 is 0 Å². The minimum atomic E-state index is -0.700. The molecule has 1 aromatic rings. The third-order valence-corrected chi connectivity index (χ3v) is 0.972. The molecule has 1 amide bonds. The monoisotopic (exact) mass is 139 g/mol. The Labute approximate surface area is 56.6 Å². The van der Waals surface area contributed by atoms with Crippen molar-refractivity contribution < 1.29 is 9.53 Å². The Morgan fingerprint density at radius 1 is 1.90 bits per heavy atom. The third kappa shape index (κ3) is 1.02. The first-order chi connectivity index (χ1) is 4.72. The molecule has 0 spiro atoms. The van der Waals surface area contributed by atoms with Crippen molar-refractivity contribution in [1.29, 1.82) is 0 Å². The standard InChI is InChI=1S/C5H5N3O2/c1-8(10)5(9)4-2-6-7-3-4/h2-3H,1H2,(H,6,7). The van der Waals surface area contributed by atoms with Gasteiger partial charge in [0.25, 0.3) is 0 Å². The molecule has 1 N–H and O–H groups in total. The summed E-state index contributed by atoms with van der Waals surface area (Å²) < 4.78 is 0.00481. The fourth-order valence-electron chi connectivity index (χ4n) is 0.512. The fourth-order valence-corrected chi connectivity index (χ4v) is 0.512. The van der Waals surface area contributed by atoms with E-state index < -0.39 is 5.91 Å². The Hall–Kier alpha value is -1.65. The van der Waals surface area contributed by atoms with Gasteiger partial charge in [0.2, 0.25) is 0 Å². The third-order valence-electron chi connectivity index (χ3n) is 0.972. The van der Waals surface area contributed by atoms with Crippen LogP contribution in [0.3, 0.4) is 0 Å². The summed E-state index contributed by atoms with van der Waals surface area (Å²) in [5.41, 5.74) is 0.213. The van der Waals surface area contributed by atoms with E-state index in [9.17, 15) is 10.0 Å². The Kier molecular flexibility index (Phi) is 1.49. The second-order valence-electron chi connectivity index (χ2n) is 1.67. The Morgan fingerprint density at radius 3 is 3.00 bits per heavy atom. The minimum absolute atomic E-state index is 0.00481. The highest BCUT2D eigenvalue weighted by molar-refractivity contribution is 5.87. The second-order valence-corrected chi connectivity index (χ2v) is 1.67. The van der Waals surface area contributed by atoms with Gasteiger partial charge in [0, 0.05) is 6.20 Å². The number of nitrogens with one attached hydrogen (secondary N) is 1. The molecule has 0 unspecified atom stereocenters. The average molecular weight is 139 g/mol. The van der Waals surface area contributed by atoms with E-state index in [2.05, 4.69) is 16.9 Å². The van der Waals surface area contributed by atoms with Crippen LogP contribution in [0, 0.1) is 5.21 Å². The quantitative estimate of drug-likeness (QED) is 0.252. The van der Waals surface area contributed by atoms with Gasteiger partial charge in [-0.15, -0.1) is 4.74 Å². The predicted molar refractivity (Wildman–Crippen MR) is 33.7 cm³/mol. The van der Waals surface area contributed by atoms with Gasteiger partial charge in [-0.2, -0.15) is 5.10 Å². The van der Waals surface area contributed by atoms with Crippen molar-refractivity contribution in [1.82, 2.24) is 10.2 Å². The first-order valence-electron chi connectivity index (χ1n) is 2.52. The molecular weight excluding hydrogens is 134 g/mol. The normalized spacial score (nSPS) is 9.20. The fraction of sp³-hybridized carbons (Fsp3) is 0. The van der Waals surface area contributed by atoms with E-state index in [0.29, 0.717) is 0 Å². The number of hydrogen-bond donors (Lipinski definition) is 1. The van der Waals surface area contributed by atoms with Gasteiger partial charge in [-0.25, -0.2) is 4.79 Å². The zero-order valence-corrected chi connectivity index (χ0v) is 5.07. The Bertz CT molecular complexity index is 252. The second kappa shape index (κ2) is 2.30. The molecule has 52 valence electrons. The highest BCUT2D eigenvalue weighted by Crippen LogP contribution is 1.94. The van der Waals surface area contributed by atoms with E-state index in [1.54, 1.807) is 0 Å². The van der Waals surface area contributed by atoms with Gasteiger partial charge in [0.15, 0.2) is 0 Å². The number of aromatic nitrogens is 2. The van der Waals surface area contributed by atoms with Crippen LogP contribution in [0.25, 0.3) is 0 Å². The number of hydroxylamine groups is 1. The van der Waals surface area contributed by atoms with E-state index in [1.165, 1.54) is 12.4 Å². The summed E-state index contributed by atoms with van der Waals surface area (Å²) in [5, 5.41) is 16.1. The van der Waals surface area contributed by atoms with Crippen molar-refractivity contribution in [2.45, 2.75) is 0 Å². The lowest BCUT2D eigenvalue weighted by Gasteiger charge is -1.93. The van der Waals surface area contributed by atoms with Crippen molar-refractivity contribution in [3.8, 4) is 0 Å². The molecule has 5 nitrogen and oxygen atoms in total. The topological polar surface area (TPSA) is 71.8 Å². The number of carbonyl (C=O) groups excluding carboxylic acids is 1. The summed E-state index contributed by atoms with van der Waals surface area (Å²) in [6, 6.07) is 0. The molecule has 0 radical (unpaired) electrons. The first kappa shape index (κ1) is 6.47. The van der Waals surface area contributed by atoms with E-state index >= 15 is 0 Å². The number of aromatic amines is 1. The molecule has 0 bridgehead atoms. The van der Waals surface area contributed by atoms with Gasteiger partial charge in [0.05, 0.1) is 6.20 Å². The molecule has 5 heteroatoms. The van der Waals surface area contributed by atoms with Crippen LogP contribution in [-0.4, -0.2) is 27.6 Å². The number of carbonyl (C=O) groups is 1. The number of hydrogen-bond acceptors (Lipinski definition) is 3. The molecule has 0 aromatic carbocycles. The molecule has 0 saturated heterocycles. The van der Waals surface area contributed by atoms with Crippen LogP contribution in [0.15, 0.2) is 12.4 Å². The molecule has 0 aliphatic rings. The number of rotatable bonds is 1. The molecule has 0 aliphatic heterocycles. The van der Waals surface area contributed by atoms with E-state index in [4.69, 9.17) is 0 Å². The van der Waals surface area contributed by atoms with Crippen molar-refractivity contribution in [3.63, 3.8) is 0 Å². The summed E-state index contributed by atoms with van der Waals surface area (Å²) in [6.07, 6.45) is 2.59. The molecule has 0 atom stereocenters. The zero-order chi connectivity index (χ0) is 7.56. The lowest BCUT2D eigenvalue weighted by atomic mass is 10.3. The highest BCUT2D eigenvalue weighted by atomic mass is 16.5. The van der Waals surface area contributed by atoms with Crippen LogP contribution in [0.2, 0.25) is 0 Å². The van der Waals surface area contributed by atoms with Crippen LogP contribution in [0.5, 0.6) is 0 Å². The maximum Gasteiger partial charge on any atom is 0.433 e. The van der Waals surface area contributed by atoms with Gasteiger partial charge in [-0.3, -0.25) is 5.10 Å². The summed E-state index contributed by atoms with van der Waals surface area (Å²) in [5.74, 6) is -0.700. The van der Waals surface area contributed by atoms with E-state index in [-0.39, 0.29) is 10.3 Å². The lowest BCUT2D eigenvalue weighted by molar-refractivity contribution is -0.342. The lowest BCUT2D eigenvalue weighted by Crippen LogP contribution is -2.11. The molecule has 0 fully saturated rings. The average Bonchev–Trinajstić information content (AvgIpc) is 2.36. The van der Waals surface area contributed by atoms with E-state index in [1.807, 2.05) is 0 Å². The zero-order valence-electron chi connectivity index (χ0n) is 5.07. The van der Waals surface area contributed by atoms with Crippen molar-refractivity contribution in [2.24, 2.45) is 0 Å². The molecule has 1 aromatic heterocycles. The minimum Gasteiger partial charge on any atom is -0.616 e. The largest absolute Gasteiger partial charge is 0.616 e.